The van der Waals surface area contributed by atoms with Crippen LogP contribution in [0.4, 0.5) is 5.69 Å². The normalized spacial score (nSPS) is 10.3. The number of H-pyrrole nitrogens is 1. The molecule has 4 N–H and O–H groups in total. The fourth-order valence-electron chi connectivity index (χ4n) is 1.76. The van der Waals surface area contributed by atoms with Crippen molar-refractivity contribution in [3.8, 4) is 11.3 Å². The predicted octanol–water partition coefficient (Wildman–Crippen LogP) is 1.12. The van der Waals surface area contributed by atoms with E-state index in [0.29, 0.717) is 13.1 Å². The molecule has 0 aliphatic heterocycles. The standard InChI is InChI=1S/C13H16N4O/c1-9-3-2-4-10(7-9)12-11(15-6-5-14)8-16-13(18)17-12/h2-4,7-8,15H,5-6,14H2,1H3,(H,16,17,18). The van der Waals surface area contributed by atoms with Crippen molar-refractivity contribution in [1.29, 1.82) is 0 Å². The van der Waals surface area contributed by atoms with Gasteiger partial charge in [-0.15, -0.1) is 0 Å². The van der Waals surface area contributed by atoms with Crippen LogP contribution in [-0.4, -0.2) is 23.1 Å². The minimum atomic E-state index is -0.357. The Morgan fingerprint density at radius 3 is 3.00 bits per heavy atom. The first-order chi connectivity index (χ1) is 8.70. The van der Waals surface area contributed by atoms with E-state index >= 15 is 0 Å². The van der Waals surface area contributed by atoms with E-state index < -0.39 is 0 Å². The quantitative estimate of drug-likeness (QED) is 0.752. The molecule has 0 fully saturated rings. The average Bonchev–Trinajstić information content (AvgIpc) is 2.37. The van der Waals surface area contributed by atoms with Crippen molar-refractivity contribution in [2.75, 3.05) is 18.4 Å². The molecular formula is C13H16N4O. The van der Waals surface area contributed by atoms with E-state index in [2.05, 4.69) is 15.3 Å². The summed E-state index contributed by atoms with van der Waals surface area (Å²) in [5.74, 6) is 0. The number of nitrogens with one attached hydrogen (secondary N) is 2. The summed E-state index contributed by atoms with van der Waals surface area (Å²) in [5.41, 5.74) is 8.72. The van der Waals surface area contributed by atoms with E-state index in [4.69, 9.17) is 5.73 Å². The molecule has 0 radical (unpaired) electrons. The van der Waals surface area contributed by atoms with E-state index in [1.54, 1.807) is 0 Å². The summed E-state index contributed by atoms with van der Waals surface area (Å²) in [6.07, 6.45) is 1.53. The lowest BCUT2D eigenvalue weighted by Crippen LogP contribution is -2.17. The van der Waals surface area contributed by atoms with Gasteiger partial charge in [-0.05, 0) is 13.0 Å². The van der Waals surface area contributed by atoms with Crippen LogP contribution in [0.15, 0.2) is 35.3 Å². The maximum absolute atomic E-state index is 11.4. The number of nitrogens with zero attached hydrogens (tertiary/aromatic N) is 1. The largest absolute Gasteiger partial charge is 0.381 e. The Morgan fingerprint density at radius 2 is 2.28 bits per heavy atom. The Labute approximate surface area is 105 Å². The van der Waals surface area contributed by atoms with Crippen molar-refractivity contribution in [2.24, 2.45) is 5.73 Å². The second-order valence-electron chi connectivity index (χ2n) is 4.06. The van der Waals surface area contributed by atoms with Crippen LogP contribution in [0.25, 0.3) is 11.3 Å². The zero-order chi connectivity index (χ0) is 13.0. The van der Waals surface area contributed by atoms with Crippen molar-refractivity contribution in [3.05, 3.63) is 46.5 Å². The summed E-state index contributed by atoms with van der Waals surface area (Å²) < 4.78 is 0. The van der Waals surface area contributed by atoms with Gasteiger partial charge < -0.3 is 16.0 Å². The van der Waals surface area contributed by atoms with Crippen LogP contribution in [0.5, 0.6) is 0 Å². The third-order valence-corrected chi connectivity index (χ3v) is 2.58. The van der Waals surface area contributed by atoms with Gasteiger partial charge in [-0.3, -0.25) is 0 Å². The highest BCUT2D eigenvalue weighted by Crippen LogP contribution is 2.24. The molecule has 18 heavy (non-hydrogen) atoms. The first-order valence-corrected chi connectivity index (χ1v) is 5.81. The molecule has 0 spiro atoms. The maximum Gasteiger partial charge on any atom is 0.345 e. The van der Waals surface area contributed by atoms with Crippen molar-refractivity contribution < 1.29 is 0 Å². The minimum Gasteiger partial charge on any atom is -0.381 e. The van der Waals surface area contributed by atoms with E-state index in [-0.39, 0.29) is 5.69 Å². The first-order valence-electron chi connectivity index (χ1n) is 5.81. The number of hydrogen-bond acceptors (Lipinski definition) is 4. The van der Waals surface area contributed by atoms with Gasteiger partial charge >= 0.3 is 5.69 Å². The maximum atomic E-state index is 11.4. The third-order valence-electron chi connectivity index (χ3n) is 2.58. The van der Waals surface area contributed by atoms with Crippen LogP contribution in [0.3, 0.4) is 0 Å². The van der Waals surface area contributed by atoms with Crippen molar-refractivity contribution in [2.45, 2.75) is 6.92 Å². The van der Waals surface area contributed by atoms with Crippen LogP contribution in [0.1, 0.15) is 5.56 Å². The molecule has 0 aliphatic carbocycles. The lowest BCUT2D eigenvalue weighted by molar-refractivity contribution is 1.01. The zero-order valence-corrected chi connectivity index (χ0v) is 10.2. The molecule has 1 heterocycles. The Morgan fingerprint density at radius 1 is 1.44 bits per heavy atom. The summed E-state index contributed by atoms with van der Waals surface area (Å²) in [5, 5.41) is 3.15. The monoisotopic (exact) mass is 244 g/mol. The number of anilines is 1. The molecule has 1 aromatic carbocycles. The number of benzene rings is 1. The van der Waals surface area contributed by atoms with Gasteiger partial charge in [-0.1, -0.05) is 23.8 Å². The zero-order valence-electron chi connectivity index (χ0n) is 10.2. The van der Waals surface area contributed by atoms with Crippen LogP contribution < -0.4 is 16.7 Å². The molecule has 0 saturated carbocycles. The molecule has 1 aromatic heterocycles. The lowest BCUT2D eigenvalue weighted by atomic mass is 10.1. The van der Waals surface area contributed by atoms with E-state index in [9.17, 15) is 4.79 Å². The predicted molar refractivity (Wildman–Crippen MR) is 72.6 cm³/mol. The van der Waals surface area contributed by atoms with Gasteiger partial charge in [0.15, 0.2) is 0 Å². The number of hydrogen-bond donors (Lipinski definition) is 3. The number of aromatic nitrogens is 2. The molecule has 5 heteroatoms. The number of rotatable bonds is 4. The fourth-order valence-corrected chi connectivity index (χ4v) is 1.76. The van der Waals surface area contributed by atoms with Crippen LogP contribution >= 0.6 is 0 Å². The summed E-state index contributed by atoms with van der Waals surface area (Å²) >= 11 is 0. The number of aromatic amines is 1. The Bertz CT molecular complexity index is 592. The minimum absolute atomic E-state index is 0.357. The molecule has 0 aliphatic rings. The lowest BCUT2D eigenvalue weighted by Gasteiger charge is -2.10. The summed E-state index contributed by atoms with van der Waals surface area (Å²) in [4.78, 5) is 17.8. The van der Waals surface area contributed by atoms with Gasteiger partial charge in [0.1, 0.15) is 0 Å². The number of aryl methyl sites for hydroxylation is 1. The van der Waals surface area contributed by atoms with Gasteiger partial charge in [-0.2, -0.15) is 4.98 Å². The molecule has 0 unspecified atom stereocenters. The smallest absolute Gasteiger partial charge is 0.345 e. The third kappa shape index (κ3) is 2.75. The van der Waals surface area contributed by atoms with Crippen molar-refractivity contribution >= 4 is 5.69 Å². The average molecular weight is 244 g/mol. The molecule has 5 nitrogen and oxygen atoms in total. The van der Waals surface area contributed by atoms with Gasteiger partial charge in [0.05, 0.1) is 17.6 Å². The summed E-state index contributed by atoms with van der Waals surface area (Å²) in [6.45, 7) is 3.16. The summed E-state index contributed by atoms with van der Waals surface area (Å²) in [6, 6.07) is 7.93. The van der Waals surface area contributed by atoms with E-state index in [1.807, 2.05) is 31.2 Å². The first kappa shape index (κ1) is 12.3. The highest BCUT2D eigenvalue weighted by atomic mass is 16.1. The Balaban J connectivity index is 2.47. The molecule has 0 bridgehead atoms. The Kier molecular flexibility index (Phi) is 3.74. The molecule has 0 saturated heterocycles. The second kappa shape index (κ2) is 5.46. The molecule has 0 amide bonds. The van der Waals surface area contributed by atoms with Crippen molar-refractivity contribution in [3.63, 3.8) is 0 Å². The van der Waals surface area contributed by atoms with Crippen molar-refractivity contribution in [1.82, 2.24) is 9.97 Å². The van der Waals surface area contributed by atoms with Gasteiger partial charge in [0, 0.05) is 18.7 Å². The van der Waals surface area contributed by atoms with Crippen LogP contribution in [0, 0.1) is 6.92 Å². The topological polar surface area (TPSA) is 83.8 Å². The van der Waals surface area contributed by atoms with E-state index in [0.717, 1.165) is 22.5 Å². The summed E-state index contributed by atoms with van der Waals surface area (Å²) in [7, 11) is 0. The SMILES string of the molecule is Cc1cccc(-c2[nH]c(=O)ncc2NCCN)c1. The van der Waals surface area contributed by atoms with Gasteiger partial charge in [-0.25, -0.2) is 4.79 Å². The molecule has 94 valence electrons. The molecular weight excluding hydrogens is 228 g/mol. The second-order valence-corrected chi connectivity index (χ2v) is 4.06. The molecule has 0 atom stereocenters. The van der Waals surface area contributed by atoms with Crippen LogP contribution in [0.2, 0.25) is 0 Å². The highest BCUT2D eigenvalue weighted by molar-refractivity contribution is 5.73. The van der Waals surface area contributed by atoms with Crippen LogP contribution in [-0.2, 0) is 0 Å². The molecule has 2 rings (SSSR count). The number of nitrogens with two attached hydrogens (primary N) is 1. The van der Waals surface area contributed by atoms with E-state index in [1.165, 1.54) is 6.20 Å². The fraction of sp³-hybridized carbons (Fsp3) is 0.231. The Hall–Kier alpha value is -2.14. The molecule has 2 aromatic rings. The van der Waals surface area contributed by atoms with Gasteiger partial charge in [0.2, 0.25) is 0 Å². The van der Waals surface area contributed by atoms with Gasteiger partial charge in [0.25, 0.3) is 0 Å². The highest BCUT2D eigenvalue weighted by Gasteiger charge is 2.06.